The summed E-state index contributed by atoms with van der Waals surface area (Å²) in [6.45, 7) is 10.4. The van der Waals surface area contributed by atoms with E-state index in [1.807, 2.05) is 20.8 Å². The quantitative estimate of drug-likeness (QED) is 0.287. The minimum atomic E-state index is 0.394. The third-order valence-corrected chi connectivity index (χ3v) is 6.90. The van der Waals surface area contributed by atoms with Crippen molar-refractivity contribution in [2.75, 3.05) is 0 Å². The van der Waals surface area contributed by atoms with E-state index in [0.29, 0.717) is 5.75 Å². The first kappa shape index (κ1) is 25.6. The molecule has 0 amide bonds. The van der Waals surface area contributed by atoms with E-state index in [2.05, 4.69) is 26.0 Å². The Morgan fingerprint density at radius 3 is 1.84 bits per heavy atom. The Morgan fingerprint density at radius 1 is 0.774 bits per heavy atom. The Balaban J connectivity index is 1.63. The number of phenolic OH excluding ortho intramolecular Hbond substituents is 1. The van der Waals surface area contributed by atoms with Crippen molar-refractivity contribution in [3.05, 3.63) is 34.6 Å². The van der Waals surface area contributed by atoms with Crippen molar-refractivity contribution in [1.29, 1.82) is 0 Å². The predicted molar refractivity (Wildman–Crippen MR) is 136 cm³/mol. The van der Waals surface area contributed by atoms with Crippen molar-refractivity contribution in [3.63, 3.8) is 0 Å². The van der Waals surface area contributed by atoms with Crippen LogP contribution in [0.25, 0.3) is 16.5 Å². The highest BCUT2D eigenvalue weighted by Gasteiger charge is 2.16. The first-order chi connectivity index (χ1) is 15.0. The first-order valence-electron chi connectivity index (χ1n) is 12.9. The number of unbranched alkanes of at least 4 members (excludes halogenated alkanes) is 13. The Hall–Kier alpha value is -1.70. The van der Waals surface area contributed by atoms with Crippen molar-refractivity contribution < 1.29 is 9.52 Å². The minimum Gasteiger partial charge on any atom is -0.507 e. The molecule has 0 radical (unpaired) electrons. The lowest BCUT2D eigenvalue weighted by molar-refractivity contribution is 0.467. The van der Waals surface area contributed by atoms with Gasteiger partial charge in [-0.05, 0) is 63.3 Å². The van der Waals surface area contributed by atoms with Gasteiger partial charge in [0, 0.05) is 10.9 Å². The van der Waals surface area contributed by atoms with Gasteiger partial charge in [-0.15, -0.1) is 0 Å². The SMILES string of the molecule is CCCCCCCCCCCCCCC/C=C(\C)c1cc2c(C)c(O)c(C)c(C)c2o1. The second-order valence-corrected chi connectivity index (χ2v) is 9.50. The monoisotopic (exact) mass is 426 g/mol. The maximum Gasteiger partial charge on any atom is 0.138 e. The van der Waals surface area contributed by atoms with E-state index in [-0.39, 0.29) is 0 Å². The van der Waals surface area contributed by atoms with E-state index >= 15 is 0 Å². The molecule has 31 heavy (non-hydrogen) atoms. The number of fused-ring (bicyclic) bond motifs is 1. The molecule has 1 aromatic heterocycles. The molecular weight excluding hydrogens is 380 g/mol. The van der Waals surface area contributed by atoms with Gasteiger partial charge in [0.2, 0.25) is 0 Å². The van der Waals surface area contributed by atoms with Crippen LogP contribution in [0.3, 0.4) is 0 Å². The lowest BCUT2D eigenvalue weighted by Gasteiger charge is -2.07. The molecule has 2 nitrogen and oxygen atoms in total. The summed E-state index contributed by atoms with van der Waals surface area (Å²) < 4.78 is 6.17. The van der Waals surface area contributed by atoms with Crippen LogP contribution in [0.15, 0.2) is 16.6 Å². The summed E-state index contributed by atoms with van der Waals surface area (Å²) in [6, 6.07) is 2.09. The maximum absolute atomic E-state index is 10.3. The molecule has 174 valence electrons. The van der Waals surface area contributed by atoms with Gasteiger partial charge in [0.1, 0.15) is 17.1 Å². The van der Waals surface area contributed by atoms with Crippen LogP contribution in [0.4, 0.5) is 0 Å². The third-order valence-electron chi connectivity index (χ3n) is 6.90. The molecule has 0 aliphatic heterocycles. The molecule has 0 fully saturated rings. The predicted octanol–water partition coefficient (Wildman–Crippen LogP) is 9.95. The zero-order valence-corrected chi connectivity index (χ0v) is 20.9. The lowest BCUT2D eigenvalue weighted by Crippen LogP contribution is -1.86. The summed E-state index contributed by atoms with van der Waals surface area (Å²) in [5.74, 6) is 1.33. The number of allylic oxidation sites excluding steroid dienone is 2. The topological polar surface area (TPSA) is 33.4 Å². The van der Waals surface area contributed by atoms with Crippen molar-refractivity contribution >= 4 is 16.5 Å². The van der Waals surface area contributed by atoms with Gasteiger partial charge < -0.3 is 9.52 Å². The van der Waals surface area contributed by atoms with E-state index in [9.17, 15) is 5.11 Å². The molecule has 0 bridgehead atoms. The number of hydrogen-bond donors (Lipinski definition) is 1. The summed E-state index contributed by atoms with van der Waals surface area (Å²) in [5.41, 5.74) is 4.98. The molecule has 2 aromatic rings. The molecule has 0 aliphatic carbocycles. The van der Waals surface area contributed by atoms with Crippen LogP contribution in [0.5, 0.6) is 5.75 Å². The van der Waals surface area contributed by atoms with Crippen LogP contribution in [0.2, 0.25) is 0 Å². The molecule has 1 aromatic carbocycles. The fourth-order valence-electron chi connectivity index (χ4n) is 4.48. The Kier molecular flexibility index (Phi) is 11.3. The molecule has 0 unspecified atom stereocenters. The van der Waals surface area contributed by atoms with Crippen molar-refractivity contribution in [2.24, 2.45) is 0 Å². The molecule has 1 heterocycles. The Bertz CT molecular complexity index is 780. The number of benzene rings is 1. The molecule has 0 saturated carbocycles. The zero-order valence-electron chi connectivity index (χ0n) is 20.9. The van der Waals surface area contributed by atoms with Crippen LogP contribution in [0, 0.1) is 20.8 Å². The average molecular weight is 427 g/mol. The normalized spacial score (nSPS) is 12.2. The fraction of sp³-hybridized carbons (Fsp3) is 0.655. The zero-order chi connectivity index (χ0) is 22.6. The number of furan rings is 1. The molecule has 0 spiro atoms. The number of rotatable bonds is 15. The van der Waals surface area contributed by atoms with E-state index in [1.165, 1.54) is 89.0 Å². The standard InChI is InChI=1S/C29H46O2/c1-6-7-8-9-10-11-12-13-14-15-16-17-18-19-20-22(2)27-21-26-25(5)28(30)23(3)24(4)29(26)31-27/h20-21,30H,6-19H2,1-5H3/b22-20+. The molecule has 0 saturated heterocycles. The van der Waals surface area contributed by atoms with Gasteiger partial charge in [-0.25, -0.2) is 0 Å². The first-order valence-corrected chi connectivity index (χ1v) is 12.9. The van der Waals surface area contributed by atoms with Gasteiger partial charge in [-0.2, -0.15) is 0 Å². The fourth-order valence-corrected chi connectivity index (χ4v) is 4.48. The molecular formula is C29H46O2. The molecule has 2 rings (SSSR count). The summed E-state index contributed by atoms with van der Waals surface area (Å²) in [7, 11) is 0. The van der Waals surface area contributed by atoms with Crippen molar-refractivity contribution in [3.8, 4) is 5.75 Å². The average Bonchev–Trinajstić information content (AvgIpc) is 3.22. The van der Waals surface area contributed by atoms with Crippen LogP contribution in [-0.4, -0.2) is 5.11 Å². The summed E-state index contributed by atoms with van der Waals surface area (Å²) in [5, 5.41) is 11.4. The van der Waals surface area contributed by atoms with Gasteiger partial charge in [0.15, 0.2) is 0 Å². The smallest absolute Gasteiger partial charge is 0.138 e. The largest absolute Gasteiger partial charge is 0.507 e. The summed E-state index contributed by atoms with van der Waals surface area (Å²) >= 11 is 0. The molecule has 0 aliphatic rings. The third kappa shape index (κ3) is 7.74. The minimum absolute atomic E-state index is 0.394. The van der Waals surface area contributed by atoms with Gasteiger partial charge in [0.25, 0.3) is 0 Å². The maximum atomic E-state index is 10.3. The summed E-state index contributed by atoms with van der Waals surface area (Å²) in [4.78, 5) is 0. The Labute approximate surface area is 191 Å². The van der Waals surface area contributed by atoms with E-state index < -0.39 is 0 Å². The van der Waals surface area contributed by atoms with E-state index in [4.69, 9.17) is 4.42 Å². The van der Waals surface area contributed by atoms with Gasteiger partial charge in [-0.1, -0.05) is 90.0 Å². The van der Waals surface area contributed by atoms with Crippen LogP contribution >= 0.6 is 0 Å². The number of hydrogen-bond acceptors (Lipinski definition) is 2. The van der Waals surface area contributed by atoms with Crippen LogP contribution in [0.1, 0.15) is 126 Å². The number of aryl methyl sites for hydroxylation is 2. The second-order valence-electron chi connectivity index (χ2n) is 9.50. The highest BCUT2D eigenvalue weighted by atomic mass is 16.3. The van der Waals surface area contributed by atoms with Gasteiger partial charge in [-0.3, -0.25) is 0 Å². The van der Waals surface area contributed by atoms with Crippen molar-refractivity contribution in [1.82, 2.24) is 0 Å². The Morgan fingerprint density at radius 2 is 1.29 bits per heavy atom. The van der Waals surface area contributed by atoms with E-state index in [0.717, 1.165) is 39.8 Å². The number of phenols is 1. The van der Waals surface area contributed by atoms with Gasteiger partial charge in [0.05, 0.1) is 0 Å². The van der Waals surface area contributed by atoms with Crippen molar-refractivity contribution in [2.45, 2.75) is 125 Å². The van der Waals surface area contributed by atoms with E-state index in [1.54, 1.807) is 0 Å². The highest BCUT2D eigenvalue weighted by Crippen LogP contribution is 2.37. The highest BCUT2D eigenvalue weighted by molar-refractivity contribution is 5.90. The number of aromatic hydroxyl groups is 1. The van der Waals surface area contributed by atoms with Gasteiger partial charge >= 0.3 is 0 Å². The molecule has 0 atom stereocenters. The van der Waals surface area contributed by atoms with Crippen LogP contribution in [-0.2, 0) is 0 Å². The second kappa shape index (κ2) is 13.7. The molecule has 1 N–H and O–H groups in total. The lowest BCUT2D eigenvalue weighted by atomic mass is 10.0. The summed E-state index contributed by atoms with van der Waals surface area (Å²) in [6.07, 6.45) is 21.5. The molecule has 2 heteroatoms. The van der Waals surface area contributed by atoms with Crippen LogP contribution < -0.4 is 0 Å².